The van der Waals surface area contributed by atoms with Crippen molar-refractivity contribution >= 4 is 58.8 Å². The van der Waals surface area contributed by atoms with Crippen molar-refractivity contribution in [1.82, 2.24) is 5.32 Å². The Morgan fingerprint density at radius 1 is 0.974 bits per heavy atom. The van der Waals surface area contributed by atoms with Crippen molar-refractivity contribution in [3.05, 3.63) is 93.0 Å². The first-order chi connectivity index (χ1) is 18.2. The lowest BCUT2D eigenvalue weighted by molar-refractivity contribution is -0.122. The van der Waals surface area contributed by atoms with Gasteiger partial charge in [0.1, 0.15) is 23.7 Å². The molecule has 4 rings (SSSR count). The lowest BCUT2D eigenvalue weighted by atomic mass is 10.1. The molecular weight excluding hydrogens is 535 g/mol. The number of anilines is 1. The molecule has 0 aromatic heterocycles. The van der Waals surface area contributed by atoms with Gasteiger partial charge in [-0.15, -0.1) is 0 Å². The first-order valence-electron chi connectivity index (χ1n) is 11.1. The van der Waals surface area contributed by atoms with Gasteiger partial charge < -0.3 is 14.2 Å². The number of nitrogens with zero attached hydrogens (tertiary/aromatic N) is 1. The Morgan fingerprint density at radius 3 is 2.37 bits per heavy atom. The van der Waals surface area contributed by atoms with Gasteiger partial charge in [-0.05, 0) is 54.6 Å². The maximum Gasteiger partial charge on any atom is 0.337 e. The largest absolute Gasteiger partial charge is 0.497 e. The zero-order valence-corrected chi connectivity index (χ0v) is 21.6. The predicted octanol–water partition coefficient (Wildman–Crippen LogP) is 5.03. The number of imide groups is 2. The van der Waals surface area contributed by atoms with E-state index in [0.717, 1.165) is 4.90 Å². The smallest absolute Gasteiger partial charge is 0.337 e. The van der Waals surface area contributed by atoms with Crippen LogP contribution in [-0.2, 0) is 20.9 Å². The van der Waals surface area contributed by atoms with E-state index in [0.29, 0.717) is 32.7 Å². The summed E-state index contributed by atoms with van der Waals surface area (Å²) in [6, 6.07) is 14.5. The van der Waals surface area contributed by atoms with Crippen LogP contribution in [0.5, 0.6) is 11.5 Å². The number of halogens is 2. The fourth-order valence-corrected chi connectivity index (χ4v) is 4.06. The Kier molecular flexibility index (Phi) is 7.99. The van der Waals surface area contributed by atoms with Gasteiger partial charge in [0.15, 0.2) is 0 Å². The molecular formula is C27H20Cl2N2O7. The Labute approximate surface area is 227 Å². The number of ether oxygens (including phenoxy) is 3. The molecule has 3 aromatic carbocycles. The number of carbonyl (C=O) groups is 4. The van der Waals surface area contributed by atoms with Crippen molar-refractivity contribution in [2.75, 3.05) is 19.1 Å². The standard InChI is InChI=1S/C27H20Cl2N2O7/c1-36-20-10-6-16(23(13-20)38-14-17-3-7-18(28)12-22(17)29)11-21-24(32)30-27(35)31(25(21)33)19-8-4-15(5-9-19)26(34)37-2/h3-13H,14H2,1-2H3,(H,30,32,35)/b21-11+. The first-order valence-corrected chi connectivity index (χ1v) is 11.8. The highest BCUT2D eigenvalue weighted by molar-refractivity contribution is 6.39. The van der Waals surface area contributed by atoms with Crippen LogP contribution in [0.4, 0.5) is 10.5 Å². The fraction of sp³-hybridized carbons (Fsp3) is 0.111. The third-order valence-corrected chi connectivity index (χ3v) is 6.15. The number of carbonyl (C=O) groups excluding carboxylic acids is 4. The summed E-state index contributed by atoms with van der Waals surface area (Å²) in [4.78, 5) is 51.0. The van der Waals surface area contributed by atoms with Gasteiger partial charge in [-0.25, -0.2) is 14.5 Å². The van der Waals surface area contributed by atoms with E-state index in [1.165, 1.54) is 44.6 Å². The number of amides is 4. The average molecular weight is 555 g/mol. The first kappa shape index (κ1) is 26.7. The van der Waals surface area contributed by atoms with Gasteiger partial charge in [-0.1, -0.05) is 29.3 Å². The quantitative estimate of drug-likeness (QED) is 0.247. The highest BCUT2D eigenvalue weighted by Crippen LogP contribution is 2.31. The summed E-state index contributed by atoms with van der Waals surface area (Å²) in [6.45, 7) is 0.0661. The van der Waals surface area contributed by atoms with Gasteiger partial charge in [-0.2, -0.15) is 0 Å². The minimum absolute atomic E-state index is 0.0661. The van der Waals surface area contributed by atoms with Crippen molar-refractivity contribution in [1.29, 1.82) is 0 Å². The van der Waals surface area contributed by atoms with Crippen LogP contribution in [0.15, 0.2) is 66.2 Å². The molecule has 1 aliphatic rings. The van der Waals surface area contributed by atoms with Crippen LogP contribution in [0.25, 0.3) is 6.08 Å². The van der Waals surface area contributed by atoms with E-state index in [9.17, 15) is 19.2 Å². The molecule has 0 atom stereocenters. The van der Waals surface area contributed by atoms with E-state index < -0.39 is 23.8 Å². The summed E-state index contributed by atoms with van der Waals surface area (Å²) in [5.41, 5.74) is 1.12. The SMILES string of the molecule is COC(=O)c1ccc(N2C(=O)NC(=O)/C(=C\c3ccc(OC)cc3OCc3ccc(Cl)cc3Cl)C2=O)cc1. The molecule has 4 amide bonds. The highest BCUT2D eigenvalue weighted by Gasteiger charge is 2.37. The highest BCUT2D eigenvalue weighted by atomic mass is 35.5. The molecule has 3 aromatic rings. The average Bonchev–Trinajstić information content (AvgIpc) is 2.90. The van der Waals surface area contributed by atoms with Crippen LogP contribution in [0.2, 0.25) is 10.0 Å². The fourth-order valence-electron chi connectivity index (χ4n) is 3.59. The van der Waals surface area contributed by atoms with E-state index in [2.05, 4.69) is 10.1 Å². The number of hydrogen-bond acceptors (Lipinski definition) is 7. The van der Waals surface area contributed by atoms with Gasteiger partial charge in [-0.3, -0.25) is 14.9 Å². The molecule has 1 N–H and O–H groups in total. The summed E-state index contributed by atoms with van der Waals surface area (Å²) in [5, 5.41) is 3.05. The predicted molar refractivity (Wildman–Crippen MR) is 141 cm³/mol. The molecule has 1 fully saturated rings. The minimum Gasteiger partial charge on any atom is -0.497 e. The molecule has 0 aliphatic carbocycles. The Bertz CT molecular complexity index is 1470. The van der Waals surface area contributed by atoms with Crippen molar-refractivity contribution < 1.29 is 33.4 Å². The van der Waals surface area contributed by atoms with E-state index in [1.807, 2.05) is 0 Å². The molecule has 1 heterocycles. The third-order valence-electron chi connectivity index (χ3n) is 5.57. The monoisotopic (exact) mass is 554 g/mol. The van der Waals surface area contributed by atoms with Crippen LogP contribution < -0.4 is 19.7 Å². The van der Waals surface area contributed by atoms with Crippen molar-refractivity contribution in [3.63, 3.8) is 0 Å². The number of barbiturate groups is 1. The zero-order chi connectivity index (χ0) is 27.4. The van der Waals surface area contributed by atoms with Gasteiger partial charge >= 0.3 is 12.0 Å². The molecule has 0 radical (unpaired) electrons. The summed E-state index contributed by atoms with van der Waals surface area (Å²) >= 11 is 12.2. The maximum absolute atomic E-state index is 13.3. The number of nitrogens with one attached hydrogen (secondary N) is 1. The van der Waals surface area contributed by atoms with Crippen molar-refractivity contribution in [2.24, 2.45) is 0 Å². The number of urea groups is 1. The van der Waals surface area contributed by atoms with Crippen LogP contribution >= 0.6 is 23.2 Å². The molecule has 0 spiro atoms. The summed E-state index contributed by atoms with van der Waals surface area (Å²) in [5.74, 6) is -1.52. The van der Waals surface area contributed by atoms with Gasteiger partial charge in [0.25, 0.3) is 11.8 Å². The molecule has 0 unspecified atom stereocenters. The third kappa shape index (κ3) is 5.64. The molecule has 38 heavy (non-hydrogen) atoms. The molecule has 11 heteroatoms. The minimum atomic E-state index is -0.924. The Balaban J connectivity index is 1.67. The van der Waals surface area contributed by atoms with Crippen LogP contribution in [-0.4, -0.2) is 38.0 Å². The molecule has 9 nitrogen and oxygen atoms in total. The second-order valence-corrected chi connectivity index (χ2v) is 8.77. The van der Waals surface area contributed by atoms with E-state index in [1.54, 1.807) is 36.4 Å². The lowest BCUT2D eigenvalue weighted by Crippen LogP contribution is -2.54. The number of rotatable bonds is 7. The zero-order valence-electron chi connectivity index (χ0n) is 20.1. The Hall–Kier alpha value is -4.34. The second kappa shape index (κ2) is 11.4. The summed E-state index contributed by atoms with van der Waals surface area (Å²) in [6.07, 6.45) is 1.32. The number of hydrogen-bond donors (Lipinski definition) is 1. The molecule has 1 aliphatic heterocycles. The van der Waals surface area contributed by atoms with E-state index in [-0.39, 0.29) is 23.4 Å². The molecule has 0 saturated carbocycles. The Morgan fingerprint density at radius 2 is 1.71 bits per heavy atom. The van der Waals surface area contributed by atoms with Gasteiger partial charge in [0.05, 0.1) is 25.5 Å². The number of esters is 1. The lowest BCUT2D eigenvalue weighted by Gasteiger charge is -2.26. The summed E-state index contributed by atoms with van der Waals surface area (Å²) in [7, 11) is 2.72. The number of methoxy groups -OCH3 is 2. The topological polar surface area (TPSA) is 111 Å². The molecule has 0 bridgehead atoms. The van der Waals surface area contributed by atoms with E-state index >= 15 is 0 Å². The van der Waals surface area contributed by atoms with E-state index in [4.69, 9.17) is 32.7 Å². The summed E-state index contributed by atoms with van der Waals surface area (Å²) < 4.78 is 15.9. The van der Waals surface area contributed by atoms with Crippen LogP contribution in [0.3, 0.4) is 0 Å². The van der Waals surface area contributed by atoms with Crippen molar-refractivity contribution in [3.8, 4) is 11.5 Å². The normalized spacial score (nSPS) is 14.4. The second-order valence-electron chi connectivity index (χ2n) is 7.92. The van der Waals surface area contributed by atoms with Crippen LogP contribution in [0, 0.1) is 0 Å². The van der Waals surface area contributed by atoms with Crippen LogP contribution in [0.1, 0.15) is 21.5 Å². The van der Waals surface area contributed by atoms with Crippen molar-refractivity contribution in [2.45, 2.75) is 6.61 Å². The van der Waals surface area contributed by atoms with Gasteiger partial charge in [0.2, 0.25) is 0 Å². The number of benzene rings is 3. The molecule has 1 saturated heterocycles. The maximum atomic E-state index is 13.3. The molecule has 194 valence electrons. The van der Waals surface area contributed by atoms with Gasteiger partial charge in [0, 0.05) is 27.2 Å².